The molecule has 2 aliphatic rings. The second kappa shape index (κ2) is 3.78. The Morgan fingerprint density at radius 3 is 2.80 bits per heavy atom. The zero-order valence-corrected chi connectivity index (χ0v) is 12.2. The number of aryl methyl sites for hydroxylation is 1. The van der Waals surface area contributed by atoms with Gasteiger partial charge >= 0.3 is 0 Å². The number of ether oxygens (including phenoxy) is 1. The number of benzene rings is 2. The van der Waals surface area contributed by atoms with Crippen LogP contribution in [0.4, 0.5) is 5.69 Å². The molecule has 0 amide bonds. The molecule has 0 N–H and O–H groups in total. The largest absolute Gasteiger partial charge is 0.469 e. The summed E-state index contributed by atoms with van der Waals surface area (Å²) in [5.74, 6) is 1.04. The van der Waals surface area contributed by atoms with E-state index in [1.54, 1.807) is 0 Å². The van der Waals surface area contributed by atoms with Crippen LogP contribution in [0.1, 0.15) is 30.5 Å². The quantitative estimate of drug-likeness (QED) is 0.713. The Morgan fingerprint density at radius 1 is 1.15 bits per heavy atom. The number of hydrogen-bond donors (Lipinski definition) is 0. The summed E-state index contributed by atoms with van der Waals surface area (Å²) in [5.41, 5.74) is 5.29. The second-order valence-electron chi connectivity index (χ2n) is 6.45. The van der Waals surface area contributed by atoms with Crippen molar-refractivity contribution < 1.29 is 4.74 Å². The Labute approximate surface area is 120 Å². The summed E-state index contributed by atoms with van der Waals surface area (Å²) < 4.78 is 6.33. The zero-order valence-electron chi connectivity index (χ0n) is 12.2. The molecule has 2 heteroatoms. The van der Waals surface area contributed by atoms with Crippen LogP contribution in [0.5, 0.6) is 5.75 Å². The summed E-state index contributed by atoms with van der Waals surface area (Å²) in [4.78, 5) is 2.40. The lowest BCUT2D eigenvalue weighted by Gasteiger charge is -2.39. The fourth-order valence-corrected chi connectivity index (χ4v) is 3.55. The molecule has 0 fully saturated rings. The number of fused-ring (bicyclic) bond motifs is 4. The standard InChI is InChI=1S/C18H19NO/c1-12-8-9-16-13(10-12)11-19-15-7-5-4-6-14(15)18(2,3)17(19)20-16/h4-10,17H,11H2,1-3H3. The smallest absolute Gasteiger partial charge is 0.181 e. The first-order valence-electron chi connectivity index (χ1n) is 7.20. The number of anilines is 1. The van der Waals surface area contributed by atoms with Crippen LogP contribution in [-0.2, 0) is 12.0 Å². The van der Waals surface area contributed by atoms with Crippen LogP contribution in [0.15, 0.2) is 42.5 Å². The Hall–Kier alpha value is -1.96. The first-order valence-corrected chi connectivity index (χ1v) is 7.20. The van der Waals surface area contributed by atoms with Crippen molar-refractivity contribution in [3.05, 3.63) is 59.2 Å². The van der Waals surface area contributed by atoms with Crippen LogP contribution in [-0.4, -0.2) is 6.23 Å². The van der Waals surface area contributed by atoms with Gasteiger partial charge in [-0.15, -0.1) is 0 Å². The highest BCUT2D eigenvalue weighted by Gasteiger charge is 2.48. The Bertz CT molecular complexity index is 690. The minimum Gasteiger partial charge on any atom is -0.469 e. The van der Waals surface area contributed by atoms with Crippen molar-refractivity contribution in [1.29, 1.82) is 0 Å². The van der Waals surface area contributed by atoms with E-state index in [0.717, 1.165) is 12.3 Å². The molecule has 4 rings (SSSR count). The van der Waals surface area contributed by atoms with E-state index >= 15 is 0 Å². The summed E-state index contributed by atoms with van der Waals surface area (Å²) in [6.07, 6.45) is 0.0927. The van der Waals surface area contributed by atoms with Crippen LogP contribution in [0.2, 0.25) is 0 Å². The first kappa shape index (κ1) is 11.8. The van der Waals surface area contributed by atoms with Crippen molar-refractivity contribution in [2.45, 2.75) is 39.0 Å². The maximum Gasteiger partial charge on any atom is 0.181 e. The van der Waals surface area contributed by atoms with Crippen LogP contribution in [0.3, 0.4) is 0 Å². The van der Waals surface area contributed by atoms with Crippen molar-refractivity contribution in [1.82, 2.24) is 0 Å². The van der Waals surface area contributed by atoms with Gasteiger partial charge in [-0.05, 0) is 24.6 Å². The van der Waals surface area contributed by atoms with E-state index in [4.69, 9.17) is 4.74 Å². The molecule has 1 atom stereocenters. The molecule has 0 bridgehead atoms. The van der Waals surface area contributed by atoms with Crippen LogP contribution >= 0.6 is 0 Å². The molecule has 0 saturated carbocycles. The van der Waals surface area contributed by atoms with Crippen molar-refractivity contribution >= 4 is 5.69 Å². The van der Waals surface area contributed by atoms with Crippen LogP contribution in [0.25, 0.3) is 0 Å². The van der Waals surface area contributed by atoms with Crippen molar-refractivity contribution in [3.63, 3.8) is 0 Å². The number of nitrogens with zero attached hydrogens (tertiary/aromatic N) is 1. The van der Waals surface area contributed by atoms with E-state index < -0.39 is 0 Å². The van der Waals surface area contributed by atoms with E-state index in [-0.39, 0.29) is 11.6 Å². The third-order valence-corrected chi connectivity index (χ3v) is 4.60. The molecule has 2 aromatic rings. The third kappa shape index (κ3) is 1.45. The average molecular weight is 265 g/mol. The fourth-order valence-electron chi connectivity index (χ4n) is 3.55. The van der Waals surface area contributed by atoms with Gasteiger partial charge in [-0.25, -0.2) is 0 Å². The third-order valence-electron chi connectivity index (χ3n) is 4.60. The van der Waals surface area contributed by atoms with Crippen LogP contribution < -0.4 is 9.64 Å². The molecular formula is C18H19NO. The van der Waals surface area contributed by atoms with E-state index in [0.29, 0.717) is 0 Å². The van der Waals surface area contributed by atoms with Crippen molar-refractivity contribution in [2.75, 3.05) is 4.90 Å². The van der Waals surface area contributed by atoms with E-state index in [1.807, 2.05) is 0 Å². The Kier molecular flexibility index (Phi) is 2.24. The van der Waals surface area contributed by atoms with Gasteiger partial charge in [0.25, 0.3) is 0 Å². The minimum absolute atomic E-state index is 0.0131. The van der Waals surface area contributed by atoms with Gasteiger partial charge in [0.05, 0.1) is 6.54 Å². The lowest BCUT2D eigenvalue weighted by molar-refractivity contribution is 0.119. The molecule has 102 valence electrons. The van der Waals surface area contributed by atoms with E-state index in [9.17, 15) is 0 Å². The molecule has 20 heavy (non-hydrogen) atoms. The molecule has 2 heterocycles. The molecule has 0 aliphatic carbocycles. The molecule has 0 spiro atoms. The maximum absolute atomic E-state index is 6.33. The van der Waals surface area contributed by atoms with Gasteiger partial charge in [0.2, 0.25) is 0 Å². The van der Waals surface area contributed by atoms with Crippen LogP contribution in [0, 0.1) is 6.92 Å². The second-order valence-corrected chi connectivity index (χ2v) is 6.45. The lowest BCUT2D eigenvalue weighted by Crippen LogP contribution is -2.48. The first-order chi connectivity index (χ1) is 9.57. The van der Waals surface area contributed by atoms with Gasteiger partial charge in [-0.3, -0.25) is 0 Å². The minimum atomic E-state index is 0.0131. The molecule has 2 aromatic carbocycles. The normalized spacial score (nSPS) is 21.8. The number of para-hydroxylation sites is 1. The summed E-state index contributed by atoms with van der Waals surface area (Å²) in [5, 5.41) is 0. The molecular weight excluding hydrogens is 246 g/mol. The molecule has 2 aliphatic heterocycles. The van der Waals surface area contributed by atoms with E-state index in [1.165, 1.54) is 22.4 Å². The number of hydrogen-bond acceptors (Lipinski definition) is 2. The highest BCUT2D eigenvalue weighted by molar-refractivity contribution is 5.65. The summed E-state index contributed by atoms with van der Waals surface area (Å²) in [7, 11) is 0. The van der Waals surface area contributed by atoms with Gasteiger partial charge in [-0.1, -0.05) is 49.7 Å². The molecule has 1 unspecified atom stereocenters. The Balaban J connectivity index is 1.86. The van der Waals surface area contributed by atoms with Gasteiger partial charge in [-0.2, -0.15) is 0 Å². The highest BCUT2D eigenvalue weighted by Crippen LogP contribution is 2.48. The summed E-state index contributed by atoms with van der Waals surface area (Å²) in [6.45, 7) is 7.61. The SMILES string of the molecule is Cc1ccc2c(c1)CN1c3ccccc3C(C)(C)C1O2. The average Bonchev–Trinajstić information content (AvgIpc) is 2.66. The van der Waals surface area contributed by atoms with Gasteiger partial charge < -0.3 is 9.64 Å². The predicted octanol–water partition coefficient (Wildman–Crippen LogP) is 4.01. The molecule has 0 aromatic heterocycles. The molecule has 0 radical (unpaired) electrons. The fraction of sp³-hybridized carbons (Fsp3) is 0.333. The van der Waals surface area contributed by atoms with Gasteiger partial charge in [0.15, 0.2) is 6.23 Å². The number of rotatable bonds is 0. The van der Waals surface area contributed by atoms with Crippen molar-refractivity contribution in [2.24, 2.45) is 0 Å². The highest BCUT2D eigenvalue weighted by atomic mass is 16.5. The Morgan fingerprint density at radius 2 is 1.95 bits per heavy atom. The lowest BCUT2D eigenvalue weighted by atomic mass is 9.85. The molecule has 0 saturated heterocycles. The van der Waals surface area contributed by atoms with Crippen molar-refractivity contribution in [3.8, 4) is 5.75 Å². The topological polar surface area (TPSA) is 12.5 Å². The molecule has 2 nitrogen and oxygen atoms in total. The zero-order chi connectivity index (χ0) is 13.9. The van der Waals surface area contributed by atoms with E-state index in [2.05, 4.69) is 68.1 Å². The van der Waals surface area contributed by atoms with Gasteiger partial charge in [0, 0.05) is 16.7 Å². The summed E-state index contributed by atoms with van der Waals surface area (Å²) >= 11 is 0. The maximum atomic E-state index is 6.33. The summed E-state index contributed by atoms with van der Waals surface area (Å²) in [6, 6.07) is 15.2. The predicted molar refractivity (Wildman–Crippen MR) is 81.2 cm³/mol. The van der Waals surface area contributed by atoms with Gasteiger partial charge in [0.1, 0.15) is 5.75 Å². The monoisotopic (exact) mass is 265 g/mol.